The third kappa shape index (κ3) is 3.26. The van der Waals surface area contributed by atoms with E-state index in [4.69, 9.17) is 10.5 Å². The van der Waals surface area contributed by atoms with E-state index in [1.807, 2.05) is 0 Å². The zero-order chi connectivity index (χ0) is 11.6. The van der Waals surface area contributed by atoms with E-state index in [1.54, 1.807) is 13.8 Å². The molecule has 2 N–H and O–H groups in total. The number of nitrogens with two attached hydrogens (primary N) is 1. The summed E-state index contributed by atoms with van der Waals surface area (Å²) in [6.45, 7) is 3.34. The first kappa shape index (κ1) is 11.5. The topological polar surface area (TPSA) is 61.0 Å². The number of rotatable bonds is 2. The second-order valence-electron chi connectivity index (χ2n) is 3.12. The summed E-state index contributed by atoms with van der Waals surface area (Å²) in [4.78, 5) is 6.28. The van der Waals surface area contributed by atoms with Gasteiger partial charge in [-0.15, -0.1) is 0 Å². The van der Waals surface area contributed by atoms with Gasteiger partial charge >= 0.3 is 6.18 Å². The minimum absolute atomic E-state index is 0.176. The number of hydrogen-bond donors (Lipinski definition) is 1. The smallest absolute Gasteiger partial charge is 0.451 e. The Morgan fingerprint density at radius 2 is 1.93 bits per heavy atom. The van der Waals surface area contributed by atoms with Crippen molar-refractivity contribution in [3.8, 4) is 5.88 Å². The molecule has 0 saturated carbocycles. The molecule has 0 aliphatic carbocycles. The summed E-state index contributed by atoms with van der Waals surface area (Å²) in [5.74, 6) is -1.74. The molecule has 0 aromatic carbocycles. The summed E-state index contributed by atoms with van der Waals surface area (Å²) in [7, 11) is 0. The predicted octanol–water partition coefficient (Wildman–Crippen LogP) is 1.86. The quantitative estimate of drug-likeness (QED) is 0.828. The Hall–Kier alpha value is -1.53. The average Bonchev–Trinajstić information content (AvgIpc) is 1.99. The third-order valence-electron chi connectivity index (χ3n) is 1.33. The summed E-state index contributed by atoms with van der Waals surface area (Å²) < 4.78 is 41.7. The van der Waals surface area contributed by atoms with E-state index in [0.717, 1.165) is 6.07 Å². The van der Waals surface area contributed by atoms with Crippen LogP contribution in [-0.2, 0) is 6.18 Å². The van der Waals surface area contributed by atoms with E-state index >= 15 is 0 Å². The van der Waals surface area contributed by atoms with Crippen LogP contribution in [0.15, 0.2) is 6.07 Å². The summed E-state index contributed by atoms with van der Waals surface area (Å²) >= 11 is 0. The molecule has 84 valence electrons. The highest BCUT2D eigenvalue weighted by molar-refractivity contribution is 5.33. The second-order valence-corrected chi connectivity index (χ2v) is 3.12. The number of ether oxygens (including phenoxy) is 1. The van der Waals surface area contributed by atoms with Gasteiger partial charge in [-0.05, 0) is 13.8 Å². The summed E-state index contributed by atoms with van der Waals surface area (Å²) in [5, 5.41) is 0. The number of nitrogens with zero attached hydrogens (tertiary/aromatic N) is 2. The van der Waals surface area contributed by atoms with E-state index in [9.17, 15) is 13.2 Å². The highest BCUT2D eigenvalue weighted by atomic mass is 19.4. The second kappa shape index (κ2) is 3.92. The van der Waals surface area contributed by atoms with Gasteiger partial charge in [0.05, 0.1) is 6.10 Å². The molecular formula is C8H10F3N3O. The van der Waals surface area contributed by atoms with Crippen LogP contribution in [0.4, 0.5) is 19.0 Å². The van der Waals surface area contributed by atoms with Crippen molar-refractivity contribution in [3.63, 3.8) is 0 Å². The first-order valence-electron chi connectivity index (χ1n) is 4.17. The van der Waals surface area contributed by atoms with Crippen LogP contribution in [-0.4, -0.2) is 16.1 Å². The molecule has 0 aliphatic rings. The van der Waals surface area contributed by atoms with Crippen LogP contribution >= 0.6 is 0 Å². The van der Waals surface area contributed by atoms with Crippen LogP contribution in [0.3, 0.4) is 0 Å². The Kier molecular flexibility index (Phi) is 3.01. The Balaban J connectivity index is 3.06. The molecule has 0 unspecified atom stereocenters. The van der Waals surface area contributed by atoms with Crippen molar-refractivity contribution in [1.29, 1.82) is 0 Å². The molecule has 7 heteroatoms. The van der Waals surface area contributed by atoms with E-state index in [2.05, 4.69) is 9.97 Å². The van der Waals surface area contributed by atoms with Crippen LogP contribution in [0.5, 0.6) is 5.88 Å². The average molecular weight is 221 g/mol. The monoisotopic (exact) mass is 221 g/mol. The zero-order valence-corrected chi connectivity index (χ0v) is 8.17. The first-order valence-corrected chi connectivity index (χ1v) is 4.17. The van der Waals surface area contributed by atoms with Gasteiger partial charge in [0.2, 0.25) is 11.7 Å². The van der Waals surface area contributed by atoms with Crippen molar-refractivity contribution in [3.05, 3.63) is 11.9 Å². The molecule has 0 radical (unpaired) electrons. The molecule has 0 saturated heterocycles. The number of nitrogen functional groups attached to an aromatic ring is 1. The van der Waals surface area contributed by atoms with Gasteiger partial charge in [0, 0.05) is 6.07 Å². The standard InChI is InChI=1S/C8H10F3N3O/c1-4(2)15-6-3-5(12)13-7(14-6)8(9,10)11/h3-4H,1-2H3,(H2,12,13,14). The Labute approximate surface area is 84.3 Å². The van der Waals surface area contributed by atoms with Crippen LogP contribution < -0.4 is 10.5 Å². The van der Waals surface area contributed by atoms with Crippen molar-refractivity contribution in [1.82, 2.24) is 9.97 Å². The lowest BCUT2D eigenvalue weighted by Gasteiger charge is -2.11. The van der Waals surface area contributed by atoms with Gasteiger partial charge in [0.25, 0.3) is 0 Å². The predicted molar refractivity (Wildman–Crippen MR) is 47.2 cm³/mol. The molecule has 1 heterocycles. The molecular weight excluding hydrogens is 211 g/mol. The summed E-state index contributed by atoms with van der Waals surface area (Å²) in [6, 6.07) is 1.15. The Morgan fingerprint density at radius 1 is 1.33 bits per heavy atom. The molecule has 0 fully saturated rings. The third-order valence-corrected chi connectivity index (χ3v) is 1.33. The van der Waals surface area contributed by atoms with Crippen molar-refractivity contribution in [2.45, 2.75) is 26.1 Å². The van der Waals surface area contributed by atoms with Gasteiger partial charge in [-0.25, -0.2) is 4.98 Å². The van der Waals surface area contributed by atoms with Gasteiger partial charge < -0.3 is 10.5 Å². The number of hydrogen-bond acceptors (Lipinski definition) is 4. The lowest BCUT2D eigenvalue weighted by Crippen LogP contribution is -2.15. The maximum Gasteiger partial charge on any atom is 0.451 e. The van der Waals surface area contributed by atoms with Crippen molar-refractivity contribution in [2.75, 3.05) is 5.73 Å². The minimum Gasteiger partial charge on any atom is -0.475 e. The molecule has 15 heavy (non-hydrogen) atoms. The molecule has 0 amide bonds. The van der Waals surface area contributed by atoms with Gasteiger partial charge in [0.15, 0.2) is 0 Å². The highest BCUT2D eigenvalue weighted by Crippen LogP contribution is 2.28. The van der Waals surface area contributed by atoms with Gasteiger partial charge in [-0.3, -0.25) is 0 Å². The maximum absolute atomic E-state index is 12.2. The molecule has 0 aliphatic heterocycles. The fourth-order valence-electron chi connectivity index (χ4n) is 0.871. The Bertz CT molecular complexity index is 351. The number of aromatic nitrogens is 2. The van der Waals surface area contributed by atoms with E-state index in [1.165, 1.54) is 0 Å². The van der Waals surface area contributed by atoms with Gasteiger partial charge in [-0.1, -0.05) is 0 Å². The molecule has 0 atom stereocenters. The maximum atomic E-state index is 12.2. The number of alkyl halides is 3. The molecule has 1 rings (SSSR count). The van der Waals surface area contributed by atoms with Crippen molar-refractivity contribution >= 4 is 5.82 Å². The van der Waals surface area contributed by atoms with Gasteiger partial charge in [-0.2, -0.15) is 18.2 Å². The van der Waals surface area contributed by atoms with E-state index in [0.29, 0.717) is 0 Å². The van der Waals surface area contributed by atoms with Crippen molar-refractivity contribution < 1.29 is 17.9 Å². The number of anilines is 1. The number of halogens is 3. The lowest BCUT2D eigenvalue weighted by molar-refractivity contribution is -0.145. The van der Waals surface area contributed by atoms with E-state index in [-0.39, 0.29) is 17.8 Å². The highest BCUT2D eigenvalue weighted by Gasteiger charge is 2.35. The largest absolute Gasteiger partial charge is 0.475 e. The summed E-state index contributed by atoms with van der Waals surface area (Å²) in [5.41, 5.74) is 5.20. The molecule has 4 nitrogen and oxygen atoms in total. The fraction of sp³-hybridized carbons (Fsp3) is 0.500. The molecule has 0 spiro atoms. The fourth-order valence-corrected chi connectivity index (χ4v) is 0.871. The zero-order valence-electron chi connectivity index (χ0n) is 8.17. The van der Waals surface area contributed by atoms with Crippen LogP contribution in [0.2, 0.25) is 0 Å². The SMILES string of the molecule is CC(C)Oc1cc(N)nc(C(F)(F)F)n1. The first-order chi connectivity index (χ1) is 6.79. The van der Waals surface area contributed by atoms with Gasteiger partial charge in [0.1, 0.15) is 5.82 Å². The Morgan fingerprint density at radius 3 is 2.40 bits per heavy atom. The van der Waals surface area contributed by atoms with Crippen molar-refractivity contribution in [2.24, 2.45) is 0 Å². The van der Waals surface area contributed by atoms with Crippen LogP contribution in [0.1, 0.15) is 19.7 Å². The van der Waals surface area contributed by atoms with E-state index < -0.39 is 12.0 Å². The normalized spacial score (nSPS) is 11.9. The van der Waals surface area contributed by atoms with Crippen LogP contribution in [0.25, 0.3) is 0 Å². The molecule has 0 bridgehead atoms. The summed E-state index contributed by atoms with van der Waals surface area (Å²) in [6.07, 6.45) is -4.90. The van der Waals surface area contributed by atoms with Crippen LogP contribution in [0, 0.1) is 0 Å². The molecule has 1 aromatic rings. The molecule has 1 aromatic heterocycles. The lowest BCUT2D eigenvalue weighted by atomic mass is 10.4. The minimum atomic E-state index is -4.62.